The number of rotatable bonds is 9. The number of nitrogens with one attached hydrogen (secondary N) is 2. The Balaban J connectivity index is 1.89. The molecule has 2 aromatic carbocycles. The van der Waals surface area contributed by atoms with Gasteiger partial charge in [-0.1, -0.05) is 17.7 Å². The van der Waals surface area contributed by atoms with E-state index in [1.807, 2.05) is 19.1 Å². The molecule has 7 nitrogen and oxygen atoms in total. The third-order valence-electron chi connectivity index (χ3n) is 4.06. The number of carbonyl (C=O) groups excluding carboxylic acids is 3. The van der Waals surface area contributed by atoms with Crippen LogP contribution in [0.15, 0.2) is 48.5 Å². The third-order valence-corrected chi connectivity index (χ3v) is 4.06. The predicted octanol–water partition coefficient (Wildman–Crippen LogP) is 1.98. The molecule has 0 unspecified atom stereocenters. The van der Waals surface area contributed by atoms with Gasteiger partial charge in [0, 0.05) is 24.9 Å². The van der Waals surface area contributed by atoms with Crippen molar-refractivity contribution in [1.82, 2.24) is 10.2 Å². The summed E-state index contributed by atoms with van der Waals surface area (Å²) < 4.78 is 18.1. The van der Waals surface area contributed by atoms with Crippen molar-refractivity contribution in [2.75, 3.05) is 38.7 Å². The van der Waals surface area contributed by atoms with E-state index in [0.29, 0.717) is 5.69 Å². The average Bonchev–Trinajstić information content (AvgIpc) is 2.71. The van der Waals surface area contributed by atoms with Gasteiger partial charge in [0.25, 0.3) is 5.91 Å². The molecule has 0 aliphatic heterocycles. The molecular weight excluding hydrogens is 377 g/mol. The molecule has 0 radical (unpaired) electrons. The van der Waals surface area contributed by atoms with Crippen LogP contribution < -0.4 is 10.6 Å². The molecular formula is C21H24FN3O4. The number of carbonyl (C=O) groups is 3. The van der Waals surface area contributed by atoms with Crippen LogP contribution in [0.2, 0.25) is 0 Å². The van der Waals surface area contributed by atoms with Gasteiger partial charge in [-0.3, -0.25) is 14.4 Å². The van der Waals surface area contributed by atoms with Crippen LogP contribution in [0.25, 0.3) is 0 Å². The molecule has 8 heteroatoms. The molecule has 0 saturated heterocycles. The van der Waals surface area contributed by atoms with Crippen LogP contribution in [0.1, 0.15) is 15.9 Å². The van der Waals surface area contributed by atoms with Crippen molar-refractivity contribution < 1.29 is 23.5 Å². The Morgan fingerprint density at radius 3 is 2.28 bits per heavy atom. The molecule has 0 bridgehead atoms. The van der Waals surface area contributed by atoms with E-state index in [9.17, 15) is 18.8 Å². The monoisotopic (exact) mass is 401 g/mol. The fraction of sp³-hybridized carbons (Fsp3) is 0.286. The normalized spacial score (nSPS) is 10.3. The van der Waals surface area contributed by atoms with Gasteiger partial charge in [0.2, 0.25) is 11.8 Å². The highest BCUT2D eigenvalue weighted by atomic mass is 19.1. The number of nitrogens with zero attached hydrogens (tertiary/aromatic N) is 1. The maximum Gasteiger partial charge on any atom is 0.254 e. The van der Waals surface area contributed by atoms with Crippen LogP contribution in [-0.2, 0) is 14.3 Å². The van der Waals surface area contributed by atoms with Gasteiger partial charge in [-0.05, 0) is 43.3 Å². The number of hydrogen-bond acceptors (Lipinski definition) is 4. The number of aryl methyl sites for hydroxylation is 1. The molecule has 2 aromatic rings. The van der Waals surface area contributed by atoms with Gasteiger partial charge in [-0.2, -0.15) is 0 Å². The average molecular weight is 401 g/mol. The van der Waals surface area contributed by atoms with Crippen molar-refractivity contribution in [2.45, 2.75) is 6.92 Å². The topological polar surface area (TPSA) is 87.7 Å². The van der Waals surface area contributed by atoms with Gasteiger partial charge in [0.15, 0.2) is 0 Å². The molecule has 0 aliphatic rings. The number of amides is 3. The van der Waals surface area contributed by atoms with E-state index in [1.165, 1.54) is 36.3 Å². The van der Waals surface area contributed by atoms with Gasteiger partial charge in [-0.25, -0.2) is 4.39 Å². The first-order chi connectivity index (χ1) is 13.9. The zero-order valence-electron chi connectivity index (χ0n) is 16.4. The summed E-state index contributed by atoms with van der Waals surface area (Å²) in [4.78, 5) is 38.1. The quantitative estimate of drug-likeness (QED) is 0.673. The number of hydrogen-bond donors (Lipinski definition) is 2. The highest BCUT2D eigenvalue weighted by Gasteiger charge is 2.19. The molecule has 2 rings (SSSR count). The van der Waals surface area contributed by atoms with E-state index >= 15 is 0 Å². The number of halogens is 1. The maximum atomic E-state index is 13.1. The molecule has 3 amide bonds. The molecule has 2 N–H and O–H groups in total. The Bertz CT molecular complexity index is 838. The van der Waals surface area contributed by atoms with Gasteiger partial charge < -0.3 is 20.3 Å². The Hall–Kier alpha value is -3.26. The van der Waals surface area contributed by atoms with E-state index < -0.39 is 17.6 Å². The summed E-state index contributed by atoms with van der Waals surface area (Å²) >= 11 is 0. The van der Waals surface area contributed by atoms with Gasteiger partial charge in [0.05, 0.1) is 19.7 Å². The van der Waals surface area contributed by atoms with Gasteiger partial charge in [-0.15, -0.1) is 0 Å². The van der Waals surface area contributed by atoms with Crippen LogP contribution in [0, 0.1) is 12.7 Å². The Kier molecular flexibility index (Phi) is 8.29. The summed E-state index contributed by atoms with van der Waals surface area (Å²) in [6.07, 6.45) is 0. The zero-order chi connectivity index (χ0) is 21.2. The fourth-order valence-electron chi connectivity index (χ4n) is 2.48. The molecule has 0 aliphatic carbocycles. The lowest BCUT2D eigenvalue weighted by Crippen LogP contribution is -2.44. The predicted molar refractivity (Wildman–Crippen MR) is 107 cm³/mol. The van der Waals surface area contributed by atoms with E-state index in [-0.39, 0.29) is 37.7 Å². The van der Waals surface area contributed by atoms with Crippen LogP contribution in [-0.4, -0.2) is 56.0 Å². The molecule has 29 heavy (non-hydrogen) atoms. The van der Waals surface area contributed by atoms with E-state index in [4.69, 9.17) is 4.74 Å². The highest BCUT2D eigenvalue weighted by molar-refractivity contribution is 5.98. The largest absolute Gasteiger partial charge is 0.383 e. The Morgan fingerprint density at radius 1 is 1.00 bits per heavy atom. The molecule has 0 saturated carbocycles. The molecule has 0 heterocycles. The van der Waals surface area contributed by atoms with Crippen molar-refractivity contribution >= 4 is 23.4 Å². The van der Waals surface area contributed by atoms with Gasteiger partial charge in [0.1, 0.15) is 5.82 Å². The van der Waals surface area contributed by atoms with E-state index in [2.05, 4.69) is 10.6 Å². The van der Waals surface area contributed by atoms with Crippen LogP contribution in [0.5, 0.6) is 0 Å². The van der Waals surface area contributed by atoms with Crippen molar-refractivity contribution in [3.8, 4) is 0 Å². The summed E-state index contributed by atoms with van der Waals surface area (Å²) in [5, 5.41) is 5.17. The van der Waals surface area contributed by atoms with E-state index in [0.717, 1.165) is 5.56 Å². The first-order valence-corrected chi connectivity index (χ1v) is 9.06. The number of anilines is 1. The van der Waals surface area contributed by atoms with Crippen molar-refractivity contribution in [3.05, 3.63) is 65.5 Å². The molecule has 154 valence electrons. The summed E-state index contributed by atoms with van der Waals surface area (Å²) in [5.41, 5.74) is 1.95. The van der Waals surface area contributed by atoms with Crippen LogP contribution in [0.3, 0.4) is 0 Å². The lowest BCUT2D eigenvalue weighted by atomic mass is 10.2. The zero-order valence-corrected chi connectivity index (χ0v) is 16.4. The van der Waals surface area contributed by atoms with Crippen LogP contribution >= 0.6 is 0 Å². The molecule has 0 spiro atoms. The lowest BCUT2D eigenvalue weighted by molar-refractivity contribution is -0.124. The second-order valence-corrected chi connectivity index (χ2v) is 6.42. The van der Waals surface area contributed by atoms with E-state index in [1.54, 1.807) is 12.1 Å². The third kappa shape index (κ3) is 7.34. The molecule has 0 atom stereocenters. The molecule has 0 aromatic heterocycles. The standard InChI is InChI=1S/C21H24FN3O4/c1-15-3-9-18(10-4-15)24-19(26)13-23-20(27)14-25(11-12-29-2)21(28)16-5-7-17(22)8-6-16/h3-10H,11-14H2,1-2H3,(H,23,27)(H,24,26). The van der Waals surface area contributed by atoms with Crippen molar-refractivity contribution in [2.24, 2.45) is 0 Å². The molecule has 0 fully saturated rings. The SMILES string of the molecule is COCCN(CC(=O)NCC(=O)Nc1ccc(C)cc1)C(=O)c1ccc(F)cc1. The minimum Gasteiger partial charge on any atom is -0.383 e. The smallest absolute Gasteiger partial charge is 0.254 e. The highest BCUT2D eigenvalue weighted by Crippen LogP contribution is 2.08. The minimum absolute atomic E-state index is 0.176. The summed E-state index contributed by atoms with van der Waals surface area (Å²) in [6, 6.07) is 12.3. The maximum absolute atomic E-state index is 13.1. The van der Waals surface area contributed by atoms with Crippen molar-refractivity contribution in [3.63, 3.8) is 0 Å². The van der Waals surface area contributed by atoms with Crippen molar-refractivity contribution in [1.29, 1.82) is 0 Å². The van der Waals surface area contributed by atoms with Gasteiger partial charge >= 0.3 is 0 Å². The fourth-order valence-corrected chi connectivity index (χ4v) is 2.48. The first kappa shape index (κ1) is 22.0. The number of ether oxygens (including phenoxy) is 1. The summed E-state index contributed by atoms with van der Waals surface area (Å²) in [5.74, 6) is -1.75. The Morgan fingerprint density at radius 2 is 1.66 bits per heavy atom. The summed E-state index contributed by atoms with van der Waals surface area (Å²) in [6.45, 7) is 1.87. The second kappa shape index (κ2) is 10.9. The van der Waals surface area contributed by atoms with Crippen LogP contribution in [0.4, 0.5) is 10.1 Å². The lowest BCUT2D eigenvalue weighted by Gasteiger charge is -2.22. The number of benzene rings is 2. The second-order valence-electron chi connectivity index (χ2n) is 6.42. The number of methoxy groups -OCH3 is 1. The Labute approximate surface area is 168 Å². The minimum atomic E-state index is -0.490. The first-order valence-electron chi connectivity index (χ1n) is 9.06. The summed E-state index contributed by atoms with van der Waals surface area (Å²) in [7, 11) is 1.48.